The molecule has 0 bridgehead atoms. The van der Waals surface area contributed by atoms with Crippen LogP contribution in [-0.2, 0) is 9.53 Å². The Bertz CT molecular complexity index is 212. The van der Waals surface area contributed by atoms with Crippen molar-refractivity contribution in [3.05, 3.63) is 0 Å². The van der Waals surface area contributed by atoms with Crippen LogP contribution < -0.4 is 5.73 Å². The lowest BCUT2D eigenvalue weighted by atomic mass is 9.85. The van der Waals surface area contributed by atoms with E-state index in [0.717, 1.165) is 0 Å². The zero-order valence-corrected chi connectivity index (χ0v) is 11.2. The molecule has 0 spiro atoms. The smallest absolute Gasteiger partial charge is 0.223 e. The highest BCUT2D eigenvalue weighted by molar-refractivity contribution is 5.76. The zero-order chi connectivity index (χ0) is 12.8. The minimum atomic E-state index is -0.102. The maximum absolute atomic E-state index is 11.8. The van der Waals surface area contributed by atoms with Crippen molar-refractivity contribution in [3.8, 4) is 0 Å². The zero-order valence-electron chi connectivity index (χ0n) is 11.2. The van der Waals surface area contributed by atoms with Gasteiger partial charge in [-0.3, -0.25) is 4.79 Å². The van der Waals surface area contributed by atoms with E-state index in [4.69, 9.17) is 10.5 Å². The lowest BCUT2D eigenvalue weighted by Crippen LogP contribution is -2.41. The number of hydrogen-bond acceptors (Lipinski definition) is 3. The molecule has 2 N–H and O–H groups in total. The number of nitrogens with two attached hydrogens (primary N) is 1. The molecule has 4 nitrogen and oxygen atoms in total. The van der Waals surface area contributed by atoms with E-state index < -0.39 is 0 Å². The predicted molar refractivity (Wildman–Crippen MR) is 66.2 cm³/mol. The van der Waals surface area contributed by atoms with Crippen molar-refractivity contribution in [2.45, 2.75) is 40.2 Å². The Morgan fingerprint density at radius 3 is 2.44 bits per heavy atom. The molecule has 0 aromatic carbocycles. The summed E-state index contributed by atoms with van der Waals surface area (Å²) in [6.45, 7) is 9.98. The van der Waals surface area contributed by atoms with Gasteiger partial charge in [0.25, 0.3) is 0 Å². The van der Waals surface area contributed by atoms with Gasteiger partial charge in [0, 0.05) is 32.7 Å². The summed E-state index contributed by atoms with van der Waals surface area (Å²) < 4.78 is 5.20. The third-order valence-corrected chi connectivity index (χ3v) is 2.71. The van der Waals surface area contributed by atoms with Gasteiger partial charge >= 0.3 is 0 Å². The topological polar surface area (TPSA) is 55.6 Å². The van der Waals surface area contributed by atoms with Gasteiger partial charge in [-0.1, -0.05) is 20.8 Å². The third kappa shape index (κ3) is 6.08. The van der Waals surface area contributed by atoms with Crippen LogP contribution in [0.5, 0.6) is 0 Å². The van der Waals surface area contributed by atoms with Crippen LogP contribution in [0.25, 0.3) is 0 Å². The molecule has 96 valence electrons. The highest BCUT2D eigenvalue weighted by Crippen LogP contribution is 2.20. The first-order chi connectivity index (χ1) is 7.29. The number of carbonyl (C=O) groups is 1. The molecule has 4 heteroatoms. The molecule has 0 rings (SSSR count). The lowest BCUT2D eigenvalue weighted by molar-refractivity contribution is -0.131. The van der Waals surface area contributed by atoms with Crippen molar-refractivity contribution in [1.82, 2.24) is 4.90 Å². The highest BCUT2D eigenvalue weighted by atomic mass is 16.5. The third-order valence-electron chi connectivity index (χ3n) is 2.71. The van der Waals surface area contributed by atoms with Crippen LogP contribution >= 0.6 is 0 Å². The van der Waals surface area contributed by atoms with Gasteiger partial charge in [-0.25, -0.2) is 0 Å². The average molecular weight is 230 g/mol. The van der Waals surface area contributed by atoms with Crippen LogP contribution in [0.2, 0.25) is 0 Å². The second-order valence-electron chi connectivity index (χ2n) is 5.19. The molecular weight excluding hydrogens is 204 g/mol. The molecule has 1 amide bonds. The standard InChI is InChI=1S/C12H26N2O2/c1-6-16-8-7-14(5)11(15)9-10(13)12(2,3)4/h10H,6-9,13H2,1-5H3. The number of ether oxygens (including phenoxy) is 1. The second-order valence-corrected chi connectivity index (χ2v) is 5.19. The SMILES string of the molecule is CCOCCN(C)C(=O)CC(N)C(C)(C)C. The summed E-state index contributed by atoms with van der Waals surface area (Å²) in [5.74, 6) is 0.0853. The number of likely N-dealkylation sites (N-methyl/N-ethyl adjacent to an activating group) is 1. The Morgan fingerprint density at radius 1 is 1.44 bits per heavy atom. The molecule has 0 fully saturated rings. The summed E-state index contributed by atoms with van der Waals surface area (Å²) in [6.07, 6.45) is 0.395. The number of carbonyl (C=O) groups excluding carboxylic acids is 1. The van der Waals surface area contributed by atoms with Crippen LogP contribution in [0.1, 0.15) is 34.1 Å². The fourth-order valence-electron chi connectivity index (χ4n) is 1.12. The number of hydrogen-bond donors (Lipinski definition) is 1. The summed E-state index contributed by atoms with van der Waals surface area (Å²) in [4.78, 5) is 13.5. The molecule has 1 unspecified atom stereocenters. The molecule has 16 heavy (non-hydrogen) atoms. The average Bonchev–Trinajstić information content (AvgIpc) is 2.16. The summed E-state index contributed by atoms with van der Waals surface area (Å²) >= 11 is 0. The summed E-state index contributed by atoms with van der Waals surface area (Å²) in [7, 11) is 1.79. The Morgan fingerprint density at radius 2 is 2.00 bits per heavy atom. The van der Waals surface area contributed by atoms with Crippen molar-refractivity contribution in [2.75, 3.05) is 26.8 Å². The molecule has 0 saturated carbocycles. The van der Waals surface area contributed by atoms with Crippen molar-refractivity contribution in [2.24, 2.45) is 11.1 Å². The van der Waals surface area contributed by atoms with E-state index in [2.05, 4.69) is 0 Å². The first kappa shape index (κ1) is 15.4. The van der Waals surface area contributed by atoms with Gasteiger partial charge in [-0.05, 0) is 12.3 Å². The molecule has 0 aliphatic carbocycles. The van der Waals surface area contributed by atoms with Gasteiger partial charge in [-0.15, -0.1) is 0 Å². The van der Waals surface area contributed by atoms with Crippen LogP contribution in [0.4, 0.5) is 0 Å². The van der Waals surface area contributed by atoms with Gasteiger partial charge in [0.2, 0.25) is 5.91 Å². The van der Waals surface area contributed by atoms with Gasteiger partial charge in [0.1, 0.15) is 0 Å². The molecule has 0 radical (unpaired) electrons. The van der Waals surface area contributed by atoms with Gasteiger partial charge in [0.05, 0.1) is 6.61 Å². The van der Waals surface area contributed by atoms with E-state index in [1.165, 1.54) is 0 Å². The maximum atomic E-state index is 11.8. The van der Waals surface area contributed by atoms with Crippen LogP contribution in [0.3, 0.4) is 0 Å². The summed E-state index contributed by atoms with van der Waals surface area (Å²) in [5.41, 5.74) is 5.93. The van der Waals surface area contributed by atoms with Gasteiger partial charge in [0.15, 0.2) is 0 Å². The number of rotatable bonds is 6. The number of amides is 1. The fourth-order valence-corrected chi connectivity index (χ4v) is 1.12. The Labute approximate surface area is 99.1 Å². The minimum Gasteiger partial charge on any atom is -0.380 e. The summed E-state index contributed by atoms with van der Waals surface area (Å²) in [6, 6.07) is -0.102. The van der Waals surface area contributed by atoms with Gasteiger partial charge < -0.3 is 15.4 Å². The van der Waals surface area contributed by atoms with E-state index >= 15 is 0 Å². The normalized spacial score (nSPS) is 13.6. The molecule has 0 aromatic rings. The van der Waals surface area contributed by atoms with E-state index in [9.17, 15) is 4.79 Å². The fraction of sp³-hybridized carbons (Fsp3) is 0.917. The van der Waals surface area contributed by atoms with Crippen LogP contribution in [0.15, 0.2) is 0 Å². The van der Waals surface area contributed by atoms with Crippen molar-refractivity contribution >= 4 is 5.91 Å². The number of nitrogens with zero attached hydrogens (tertiary/aromatic N) is 1. The quantitative estimate of drug-likeness (QED) is 0.699. The van der Waals surface area contributed by atoms with Crippen molar-refractivity contribution in [1.29, 1.82) is 0 Å². The predicted octanol–water partition coefficient (Wildman–Crippen LogP) is 1.24. The van der Waals surface area contributed by atoms with E-state index in [-0.39, 0.29) is 17.4 Å². The Hall–Kier alpha value is -0.610. The van der Waals surface area contributed by atoms with Crippen LogP contribution in [-0.4, -0.2) is 43.7 Å². The molecule has 0 aromatic heterocycles. The molecule has 0 saturated heterocycles. The summed E-state index contributed by atoms with van der Waals surface area (Å²) in [5, 5.41) is 0. The first-order valence-corrected chi connectivity index (χ1v) is 5.86. The Kier molecular flexibility index (Phi) is 6.60. The van der Waals surface area contributed by atoms with Crippen LogP contribution in [0, 0.1) is 5.41 Å². The lowest BCUT2D eigenvalue weighted by Gasteiger charge is -2.28. The van der Waals surface area contributed by atoms with Crippen molar-refractivity contribution in [3.63, 3.8) is 0 Å². The van der Waals surface area contributed by atoms with Gasteiger partial charge in [-0.2, -0.15) is 0 Å². The Balaban J connectivity index is 3.96. The first-order valence-electron chi connectivity index (χ1n) is 5.86. The minimum absolute atomic E-state index is 0.0313. The van der Waals surface area contributed by atoms with E-state index in [1.807, 2.05) is 27.7 Å². The van der Waals surface area contributed by atoms with E-state index in [1.54, 1.807) is 11.9 Å². The largest absolute Gasteiger partial charge is 0.380 e. The van der Waals surface area contributed by atoms with Crippen molar-refractivity contribution < 1.29 is 9.53 Å². The molecule has 0 heterocycles. The molecule has 0 aliphatic rings. The molecular formula is C12H26N2O2. The molecule has 1 atom stereocenters. The second kappa shape index (κ2) is 6.86. The maximum Gasteiger partial charge on any atom is 0.223 e. The van der Waals surface area contributed by atoms with E-state index in [0.29, 0.717) is 26.2 Å². The highest BCUT2D eigenvalue weighted by Gasteiger charge is 2.24. The molecule has 0 aliphatic heterocycles. The monoisotopic (exact) mass is 230 g/mol.